The van der Waals surface area contributed by atoms with Crippen LogP contribution in [0.4, 0.5) is 0 Å². The Hall–Kier alpha value is -1.26. The molecule has 4 nitrogen and oxygen atoms in total. The number of phenols is 1. The van der Waals surface area contributed by atoms with Crippen LogP contribution in [0.15, 0.2) is 18.2 Å². The highest BCUT2D eigenvalue weighted by atomic mass is 35.5. The standard InChI is InChI=1S/C13H17ClN2O2/c1-9(17)15-11-5-6-16(8-11)7-10-3-2-4-12(14)13(10)18/h2-4,11,18H,5-8H2,1H3,(H,15,17). The van der Waals surface area contributed by atoms with Gasteiger partial charge in [-0.15, -0.1) is 0 Å². The Morgan fingerprint density at radius 1 is 1.61 bits per heavy atom. The second kappa shape index (κ2) is 5.59. The Balaban J connectivity index is 1.95. The Morgan fingerprint density at radius 2 is 2.39 bits per heavy atom. The van der Waals surface area contributed by atoms with E-state index in [1.165, 1.54) is 6.92 Å². The number of phenolic OH excluding ortho intramolecular Hbond substituents is 1. The number of aromatic hydroxyl groups is 1. The normalized spacial score (nSPS) is 20.0. The molecule has 0 radical (unpaired) electrons. The highest BCUT2D eigenvalue weighted by Gasteiger charge is 2.23. The molecule has 1 aromatic rings. The van der Waals surface area contributed by atoms with E-state index >= 15 is 0 Å². The van der Waals surface area contributed by atoms with E-state index in [-0.39, 0.29) is 17.7 Å². The summed E-state index contributed by atoms with van der Waals surface area (Å²) < 4.78 is 0. The van der Waals surface area contributed by atoms with E-state index in [1.807, 2.05) is 12.1 Å². The predicted molar refractivity (Wildman–Crippen MR) is 70.6 cm³/mol. The van der Waals surface area contributed by atoms with Crippen molar-refractivity contribution in [2.45, 2.75) is 25.9 Å². The number of para-hydroxylation sites is 1. The molecule has 0 aromatic heterocycles. The number of hydrogen-bond donors (Lipinski definition) is 2. The quantitative estimate of drug-likeness (QED) is 0.878. The molecule has 1 amide bonds. The van der Waals surface area contributed by atoms with Gasteiger partial charge < -0.3 is 10.4 Å². The molecule has 98 valence electrons. The molecule has 2 N–H and O–H groups in total. The number of halogens is 1. The van der Waals surface area contributed by atoms with Gasteiger partial charge >= 0.3 is 0 Å². The van der Waals surface area contributed by atoms with E-state index < -0.39 is 0 Å². The Morgan fingerprint density at radius 3 is 3.11 bits per heavy atom. The molecule has 0 spiro atoms. The summed E-state index contributed by atoms with van der Waals surface area (Å²) in [6.07, 6.45) is 0.945. The minimum atomic E-state index is 0.00690. The lowest BCUT2D eigenvalue weighted by molar-refractivity contribution is -0.119. The first-order valence-electron chi connectivity index (χ1n) is 6.02. The van der Waals surface area contributed by atoms with E-state index in [0.29, 0.717) is 11.6 Å². The molecule has 2 rings (SSSR count). The fourth-order valence-electron chi connectivity index (χ4n) is 2.31. The molecule has 5 heteroatoms. The number of carbonyl (C=O) groups is 1. The highest BCUT2D eigenvalue weighted by Crippen LogP contribution is 2.28. The number of amides is 1. The SMILES string of the molecule is CC(=O)NC1CCN(Cc2cccc(Cl)c2O)C1. The Labute approximate surface area is 112 Å². The second-order valence-corrected chi connectivity index (χ2v) is 5.08. The van der Waals surface area contributed by atoms with Crippen LogP contribution in [0.5, 0.6) is 5.75 Å². The van der Waals surface area contributed by atoms with Crippen LogP contribution in [-0.4, -0.2) is 35.0 Å². The van der Waals surface area contributed by atoms with Crippen molar-refractivity contribution >= 4 is 17.5 Å². The first-order chi connectivity index (χ1) is 8.56. The van der Waals surface area contributed by atoms with Crippen molar-refractivity contribution in [1.29, 1.82) is 0 Å². The third-order valence-electron chi connectivity index (χ3n) is 3.14. The van der Waals surface area contributed by atoms with Crippen LogP contribution in [0, 0.1) is 0 Å². The van der Waals surface area contributed by atoms with Crippen molar-refractivity contribution in [2.75, 3.05) is 13.1 Å². The molecule has 0 saturated carbocycles. The van der Waals surface area contributed by atoms with E-state index in [0.717, 1.165) is 25.1 Å². The fourth-order valence-corrected chi connectivity index (χ4v) is 2.50. The van der Waals surface area contributed by atoms with Crippen LogP contribution in [-0.2, 0) is 11.3 Å². The van der Waals surface area contributed by atoms with Crippen LogP contribution in [0.2, 0.25) is 5.02 Å². The van der Waals surface area contributed by atoms with Gasteiger partial charge in [0.05, 0.1) is 5.02 Å². The molecule has 1 aliphatic rings. The second-order valence-electron chi connectivity index (χ2n) is 4.67. The number of hydrogen-bond acceptors (Lipinski definition) is 3. The Bertz CT molecular complexity index is 451. The lowest BCUT2D eigenvalue weighted by atomic mass is 10.2. The smallest absolute Gasteiger partial charge is 0.217 e. The summed E-state index contributed by atoms with van der Waals surface area (Å²) in [5.74, 6) is 0.162. The fraction of sp³-hybridized carbons (Fsp3) is 0.462. The topological polar surface area (TPSA) is 52.6 Å². The van der Waals surface area contributed by atoms with Gasteiger partial charge in [-0.1, -0.05) is 23.7 Å². The van der Waals surface area contributed by atoms with Crippen molar-refractivity contribution in [1.82, 2.24) is 10.2 Å². The average molecular weight is 269 g/mol. The molecule has 0 aliphatic carbocycles. The van der Waals surface area contributed by atoms with Crippen molar-refractivity contribution < 1.29 is 9.90 Å². The van der Waals surface area contributed by atoms with E-state index in [1.54, 1.807) is 6.07 Å². The van der Waals surface area contributed by atoms with Gasteiger partial charge in [-0.2, -0.15) is 0 Å². The Kier molecular flexibility index (Phi) is 4.09. The first kappa shape index (κ1) is 13.2. The molecule has 18 heavy (non-hydrogen) atoms. The molecule has 1 heterocycles. The lowest BCUT2D eigenvalue weighted by Crippen LogP contribution is -2.35. The lowest BCUT2D eigenvalue weighted by Gasteiger charge is -2.17. The van der Waals surface area contributed by atoms with Crippen molar-refractivity contribution in [2.24, 2.45) is 0 Å². The minimum Gasteiger partial charge on any atom is -0.506 e. The summed E-state index contributed by atoms with van der Waals surface area (Å²) in [5, 5.41) is 13.1. The zero-order valence-corrected chi connectivity index (χ0v) is 11.1. The minimum absolute atomic E-state index is 0.00690. The number of benzene rings is 1. The summed E-state index contributed by atoms with van der Waals surface area (Å²) in [6.45, 7) is 3.91. The molecule has 1 aliphatic heterocycles. The van der Waals surface area contributed by atoms with Crippen LogP contribution in [0.25, 0.3) is 0 Å². The summed E-state index contributed by atoms with van der Waals surface area (Å²) in [6, 6.07) is 5.58. The summed E-state index contributed by atoms with van der Waals surface area (Å²) in [4.78, 5) is 13.2. The van der Waals surface area contributed by atoms with Gasteiger partial charge in [-0.3, -0.25) is 9.69 Å². The third kappa shape index (κ3) is 3.15. The molecule has 1 atom stereocenters. The number of carbonyl (C=O) groups excluding carboxylic acids is 1. The first-order valence-corrected chi connectivity index (χ1v) is 6.40. The van der Waals surface area contributed by atoms with E-state index in [9.17, 15) is 9.90 Å². The van der Waals surface area contributed by atoms with Crippen molar-refractivity contribution in [3.05, 3.63) is 28.8 Å². The monoisotopic (exact) mass is 268 g/mol. The van der Waals surface area contributed by atoms with Crippen LogP contribution in [0.1, 0.15) is 18.9 Å². The average Bonchev–Trinajstić information content (AvgIpc) is 2.71. The number of nitrogens with zero attached hydrogens (tertiary/aromatic N) is 1. The summed E-state index contributed by atoms with van der Waals surface area (Å²) in [5.41, 5.74) is 0.825. The van der Waals surface area contributed by atoms with Crippen molar-refractivity contribution in [3.8, 4) is 5.75 Å². The van der Waals surface area contributed by atoms with E-state index in [4.69, 9.17) is 11.6 Å². The maximum Gasteiger partial charge on any atom is 0.217 e. The molecular formula is C13H17ClN2O2. The summed E-state index contributed by atoms with van der Waals surface area (Å²) in [7, 11) is 0. The largest absolute Gasteiger partial charge is 0.506 e. The van der Waals surface area contributed by atoms with Gasteiger partial charge in [0, 0.05) is 38.2 Å². The van der Waals surface area contributed by atoms with Crippen LogP contribution < -0.4 is 5.32 Å². The maximum absolute atomic E-state index is 11.0. The molecule has 1 unspecified atom stereocenters. The maximum atomic E-state index is 11.0. The number of nitrogens with one attached hydrogen (secondary N) is 1. The van der Waals surface area contributed by atoms with Crippen molar-refractivity contribution in [3.63, 3.8) is 0 Å². The third-order valence-corrected chi connectivity index (χ3v) is 3.45. The number of likely N-dealkylation sites (tertiary alicyclic amines) is 1. The zero-order chi connectivity index (χ0) is 13.1. The van der Waals surface area contributed by atoms with Gasteiger partial charge in [0.1, 0.15) is 5.75 Å². The number of rotatable bonds is 3. The zero-order valence-electron chi connectivity index (χ0n) is 10.3. The highest BCUT2D eigenvalue weighted by molar-refractivity contribution is 6.32. The van der Waals surface area contributed by atoms with Crippen LogP contribution >= 0.6 is 11.6 Å². The molecule has 0 bridgehead atoms. The van der Waals surface area contributed by atoms with Gasteiger partial charge in [0.2, 0.25) is 5.91 Å². The van der Waals surface area contributed by atoms with Gasteiger partial charge in [-0.25, -0.2) is 0 Å². The predicted octanol–water partition coefficient (Wildman–Crippen LogP) is 1.76. The van der Waals surface area contributed by atoms with Gasteiger partial charge in [0.25, 0.3) is 0 Å². The molecule has 1 aromatic carbocycles. The van der Waals surface area contributed by atoms with Gasteiger partial charge in [-0.05, 0) is 12.5 Å². The summed E-state index contributed by atoms with van der Waals surface area (Å²) >= 11 is 5.87. The van der Waals surface area contributed by atoms with Crippen LogP contribution in [0.3, 0.4) is 0 Å². The molecular weight excluding hydrogens is 252 g/mol. The molecule has 1 fully saturated rings. The molecule has 1 saturated heterocycles. The van der Waals surface area contributed by atoms with Gasteiger partial charge in [0.15, 0.2) is 0 Å². The van der Waals surface area contributed by atoms with E-state index in [2.05, 4.69) is 10.2 Å².